The summed E-state index contributed by atoms with van der Waals surface area (Å²) in [4.78, 5) is 28.8. The Morgan fingerprint density at radius 1 is 1.04 bits per heavy atom. The van der Waals surface area contributed by atoms with Crippen molar-refractivity contribution in [1.82, 2.24) is 9.38 Å². The van der Waals surface area contributed by atoms with E-state index in [4.69, 9.17) is 11.6 Å². The number of anilines is 1. The number of aliphatic carboxylic acids is 1. The van der Waals surface area contributed by atoms with Crippen molar-refractivity contribution in [2.45, 2.75) is 37.5 Å². The van der Waals surface area contributed by atoms with Crippen LogP contribution in [0.15, 0.2) is 48.8 Å². The number of fused-ring (bicyclic) bond motifs is 1. The Morgan fingerprint density at radius 3 is 2.43 bits per heavy atom. The molecule has 1 saturated carbocycles. The van der Waals surface area contributed by atoms with Gasteiger partial charge >= 0.3 is 5.97 Å². The molecule has 0 unspecified atom stereocenters. The zero-order valence-electron chi connectivity index (χ0n) is 15.2. The number of pyridine rings is 1. The van der Waals surface area contributed by atoms with Gasteiger partial charge in [-0.1, -0.05) is 43.0 Å². The first-order chi connectivity index (χ1) is 13.5. The highest BCUT2D eigenvalue weighted by Gasteiger charge is 2.41. The highest BCUT2D eigenvalue weighted by Crippen LogP contribution is 2.39. The Bertz CT molecular complexity index is 1040. The summed E-state index contributed by atoms with van der Waals surface area (Å²) in [6.45, 7) is 0. The second kappa shape index (κ2) is 7.28. The van der Waals surface area contributed by atoms with Gasteiger partial charge in [-0.05, 0) is 42.7 Å². The molecule has 144 valence electrons. The van der Waals surface area contributed by atoms with Gasteiger partial charge in [0.05, 0.1) is 16.6 Å². The van der Waals surface area contributed by atoms with Crippen LogP contribution in [0.5, 0.6) is 0 Å². The van der Waals surface area contributed by atoms with Crippen molar-refractivity contribution in [3.05, 3.63) is 64.9 Å². The number of carboxylic acid groups (broad SMARTS) is 1. The standard InChI is InChI=1S/C21H20ClN3O3/c22-16-8-9-18-23-17(13-25(18)12-16)24-19(26)14-4-6-15(7-5-14)21(20(27)28)10-2-1-3-11-21/h4-9,12-13H,1-3,10-11H2,(H,24,26)(H,27,28). The minimum absolute atomic E-state index is 0.297. The summed E-state index contributed by atoms with van der Waals surface area (Å²) in [5.41, 5.74) is 1.05. The van der Waals surface area contributed by atoms with Crippen LogP contribution in [0.25, 0.3) is 5.65 Å². The third-order valence-electron chi connectivity index (χ3n) is 5.47. The second-order valence-corrected chi connectivity index (χ2v) is 7.65. The fraction of sp³-hybridized carbons (Fsp3) is 0.286. The first kappa shape index (κ1) is 18.5. The van der Waals surface area contributed by atoms with Crippen LogP contribution in [0.3, 0.4) is 0 Å². The number of nitrogens with zero attached hydrogens (tertiary/aromatic N) is 2. The molecule has 0 bridgehead atoms. The molecule has 1 aromatic carbocycles. The summed E-state index contributed by atoms with van der Waals surface area (Å²) in [5.74, 6) is -0.660. The maximum atomic E-state index is 12.6. The minimum atomic E-state index is -0.839. The number of rotatable bonds is 4. The van der Waals surface area contributed by atoms with Crippen LogP contribution >= 0.6 is 11.6 Å². The fourth-order valence-electron chi connectivity index (χ4n) is 3.94. The van der Waals surface area contributed by atoms with Gasteiger partial charge in [0.2, 0.25) is 0 Å². The largest absolute Gasteiger partial charge is 0.481 e. The van der Waals surface area contributed by atoms with E-state index in [1.54, 1.807) is 53.2 Å². The summed E-state index contributed by atoms with van der Waals surface area (Å²) in [6.07, 6.45) is 7.56. The monoisotopic (exact) mass is 397 g/mol. The molecule has 0 spiro atoms. The van der Waals surface area contributed by atoms with Crippen molar-refractivity contribution in [2.75, 3.05) is 5.32 Å². The van der Waals surface area contributed by atoms with Gasteiger partial charge in [0.15, 0.2) is 5.82 Å². The van der Waals surface area contributed by atoms with E-state index in [0.717, 1.165) is 24.8 Å². The van der Waals surface area contributed by atoms with E-state index in [1.807, 2.05) is 0 Å². The number of hydrogen-bond donors (Lipinski definition) is 2. The Labute approximate surface area is 167 Å². The maximum Gasteiger partial charge on any atom is 0.314 e. The Kier molecular flexibility index (Phi) is 4.81. The van der Waals surface area contributed by atoms with Crippen molar-refractivity contribution >= 4 is 34.9 Å². The first-order valence-corrected chi connectivity index (χ1v) is 9.65. The Hall–Kier alpha value is -2.86. The van der Waals surface area contributed by atoms with Crippen LogP contribution in [0.2, 0.25) is 5.02 Å². The SMILES string of the molecule is O=C(Nc1cn2cc(Cl)ccc2n1)c1ccc(C2(C(=O)O)CCCCC2)cc1. The average Bonchev–Trinajstić information content (AvgIpc) is 3.09. The van der Waals surface area contributed by atoms with E-state index in [-0.39, 0.29) is 5.91 Å². The number of amides is 1. The minimum Gasteiger partial charge on any atom is -0.481 e. The first-order valence-electron chi connectivity index (χ1n) is 9.27. The molecule has 2 aromatic heterocycles. The highest BCUT2D eigenvalue weighted by atomic mass is 35.5. The summed E-state index contributed by atoms with van der Waals surface area (Å²) < 4.78 is 1.74. The molecule has 0 atom stereocenters. The van der Waals surface area contributed by atoms with Crippen molar-refractivity contribution in [1.29, 1.82) is 0 Å². The predicted molar refractivity (Wildman–Crippen MR) is 107 cm³/mol. The number of halogens is 1. The van der Waals surface area contributed by atoms with Gasteiger partial charge in [-0.2, -0.15) is 0 Å². The van der Waals surface area contributed by atoms with Crippen molar-refractivity contribution in [2.24, 2.45) is 0 Å². The van der Waals surface area contributed by atoms with E-state index in [0.29, 0.717) is 34.9 Å². The van der Waals surface area contributed by atoms with Gasteiger partial charge in [0.1, 0.15) is 5.65 Å². The second-order valence-electron chi connectivity index (χ2n) is 7.22. The van der Waals surface area contributed by atoms with Gasteiger partial charge in [-0.25, -0.2) is 4.98 Å². The van der Waals surface area contributed by atoms with Crippen LogP contribution in [0, 0.1) is 0 Å². The molecule has 1 fully saturated rings. The normalized spacial score (nSPS) is 16.0. The molecule has 1 amide bonds. The van der Waals surface area contributed by atoms with E-state index < -0.39 is 11.4 Å². The van der Waals surface area contributed by atoms with Crippen LogP contribution in [0.1, 0.15) is 48.0 Å². The number of hydrogen-bond acceptors (Lipinski definition) is 3. The molecule has 2 N–H and O–H groups in total. The molecule has 6 nitrogen and oxygen atoms in total. The fourth-order valence-corrected chi connectivity index (χ4v) is 4.10. The van der Waals surface area contributed by atoms with Crippen LogP contribution < -0.4 is 5.32 Å². The number of nitrogens with one attached hydrogen (secondary N) is 1. The van der Waals surface area contributed by atoms with Gasteiger partial charge in [-0.3, -0.25) is 9.59 Å². The van der Waals surface area contributed by atoms with E-state index >= 15 is 0 Å². The van der Waals surface area contributed by atoms with Crippen LogP contribution in [-0.2, 0) is 10.2 Å². The van der Waals surface area contributed by atoms with Gasteiger partial charge in [0.25, 0.3) is 5.91 Å². The van der Waals surface area contributed by atoms with Gasteiger partial charge < -0.3 is 14.8 Å². The topological polar surface area (TPSA) is 83.7 Å². The molecule has 3 aromatic rings. The van der Waals surface area contributed by atoms with Crippen molar-refractivity contribution in [3.8, 4) is 0 Å². The number of carboxylic acids is 1. The molecule has 1 aliphatic carbocycles. The zero-order valence-corrected chi connectivity index (χ0v) is 15.9. The van der Waals surface area contributed by atoms with Crippen molar-refractivity contribution in [3.63, 3.8) is 0 Å². The summed E-state index contributed by atoms with van der Waals surface area (Å²) in [6, 6.07) is 10.4. The highest BCUT2D eigenvalue weighted by molar-refractivity contribution is 6.30. The summed E-state index contributed by atoms with van der Waals surface area (Å²) in [7, 11) is 0. The molecule has 0 saturated heterocycles. The smallest absolute Gasteiger partial charge is 0.314 e. The summed E-state index contributed by atoms with van der Waals surface area (Å²) >= 11 is 5.96. The number of carbonyl (C=O) groups excluding carboxylic acids is 1. The number of benzene rings is 1. The number of carbonyl (C=O) groups is 2. The molecule has 4 rings (SSSR count). The number of aromatic nitrogens is 2. The number of imidazole rings is 1. The van der Waals surface area contributed by atoms with Crippen LogP contribution in [0.4, 0.5) is 5.82 Å². The molecular weight excluding hydrogens is 378 g/mol. The van der Waals surface area contributed by atoms with Crippen LogP contribution in [-0.4, -0.2) is 26.4 Å². The lowest BCUT2D eigenvalue weighted by Gasteiger charge is -2.33. The third kappa shape index (κ3) is 3.36. The van der Waals surface area contributed by atoms with E-state index in [1.165, 1.54) is 0 Å². The average molecular weight is 398 g/mol. The van der Waals surface area contributed by atoms with E-state index in [2.05, 4.69) is 10.3 Å². The molecule has 2 heterocycles. The lowest BCUT2D eigenvalue weighted by Crippen LogP contribution is -2.37. The molecule has 1 aliphatic rings. The zero-order chi connectivity index (χ0) is 19.7. The van der Waals surface area contributed by atoms with E-state index in [9.17, 15) is 14.7 Å². The lowest BCUT2D eigenvalue weighted by atomic mass is 9.69. The quantitative estimate of drug-likeness (QED) is 0.677. The van der Waals surface area contributed by atoms with Crippen molar-refractivity contribution < 1.29 is 14.7 Å². The maximum absolute atomic E-state index is 12.6. The Balaban J connectivity index is 1.54. The lowest BCUT2D eigenvalue weighted by molar-refractivity contribution is -0.145. The molecule has 0 radical (unpaired) electrons. The van der Waals surface area contributed by atoms with Gasteiger partial charge in [-0.15, -0.1) is 0 Å². The molecule has 7 heteroatoms. The molecule has 0 aliphatic heterocycles. The Morgan fingerprint density at radius 2 is 1.75 bits per heavy atom. The third-order valence-corrected chi connectivity index (χ3v) is 5.70. The summed E-state index contributed by atoms with van der Waals surface area (Å²) in [5, 5.41) is 13.2. The molecular formula is C21H20ClN3O3. The predicted octanol–water partition coefficient (Wildman–Crippen LogP) is 4.53. The molecule has 28 heavy (non-hydrogen) atoms. The van der Waals surface area contributed by atoms with Gasteiger partial charge in [0, 0.05) is 11.8 Å².